The molecule has 0 spiro atoms. The van der Waals surface area contributed by atoms with Crippen molar-refractivity contribution >= 4 is 23.5 Å². The molecule has 0 aromatic carbocycles. The molecular formula is C6H8N4O2S. The Hall–Kier alpha value is -1.50. The van der Waals surface area contributed by atoms with Crippen LogP contribution in [0.2, 0.25) is 0 Å². The molecule has 1 heterocycles. The van der Waals surface area contributed by atoms with Crippen LogP contribution in [-0.2, 0) is 4.79 Å². The van der Waals surface area contributed by atoms with Crippen LogP contribution in [0.1, 0.15) is 17.4 Å². The maximum atomic E-state index is 11.2. The molecule has 0 radical (unpaired) electrons. The lowest BCUT2D eigenvalue weighted by atomic mass is 10.3. The first kappa shape index (κ1) is 9.59. The zero-order valence-electron chi connectivity index (χ0n) is 6.85. The summed E-state index contributed by atoms with van der Waals surface area (Å²) in [4.78, 5) is 21.8. The monoisotopic (exact) mass is 200 g/mol. The summed E-state index contributed by atoms with van der Waals surface area (Å²) in [7, 11) is 0. The molecule has 0 saturated heterocycles. The van der Waals surface area contributed by atoms with E-state index in [4.69, 9.17) is 5.73 Å². The molecule has 0 fully saturated rings. The molecular weight excluding hydrogens is 192 g/mol. The van der Waals surface area contributed by atoms with E-state index in [-0.39, 0.29) is 5.69 Å². The molecule has 1 aromatic rings. The van der Waals surface area contributed by atoms with E-state index in [9.17, 15) is 9.59 Å². The van der Waals surface area contributed by atoms with Crippen LogP contribution in [0.25, 0.3) is 0 Å². The Bertz CT molecular complexity index is 310. The predicted molar refractivity (Wildman–Crippen MR) is 46.0 cm³/mol. The van der Waals surface area contributed by atoms with Crippen LogP contribution >= 0.6 is 11.7 Å². The number of amides is 2. The van der Waals surface area contributed by atoms with Gasteiger partial charge in [-0.05, 0) is 6.92 Å². The lowest BCUT2D eigenvalue weighted by molar-refractivity contribution is -0.119. The van der Waals surface area contributed by atoms with Crippen LogP contribution in [0.3, 0.4) is 0 Å². The molecule has 7 heteroatoms. The van der Waals surface area contributed by atoms with E-state index in [0.29, 0.717) is 0 Å². The molecule has 70 valence electrons. The molecule has 0 aliphatic carbocycles. The first-order valence-electron chi connectivity index (χ1n) is 3.49. The smallest absolute Gasteiger partial charge is 0.273 e. The molecule has 3 N–H and O–H groups in total. The van der Waals surface area contributed by atoms with Gasteiger partial charge >= 0.3 is 0 Å². The Labute approximate surface area is 78.5 Å². The first-order valence-corrected chi connectivity index (χ1v) is 4.22. The second kappa shape index (κ2) is 3.94. The van der Waals surface area contributed by atoms with Gasteiger partial charge < -0.3 is 11.1 Å². The van der Waals surface area contributed by atoms with Gasteiger partial charge in [-0.2, -0.15) is 8.75 Å². The van der Waals surface area contributed by atoms with Crippen LogP contribution < -0.4 is 11.1 Å². The number of rotatable bonds is 3. The van der Waals surface area contributed by atoms with E-state index >= 15 is 0 Å². The third-order valence-electron chi connectivity index (χ3n) is 1.37. The molecule has 0 bridgehead atoms. The Kier molecular flexibility index (Phi) is 2.91. The fourth-order valence-electron chi connectivity index (χ4n) is 0.606. The minimum atomic E-state index is -0.700. The average molecular weight is 200 g/mol. The minimum absolute atomic E-state index is 0.193. The van der Waals surface area contributed by atoms with Gasteiger partial charge in [0.2, 0.25) is 5.91 Å². The van der Waals surface area contributed by atoms with Crippen molar-refractivity contribution in [3.63, 3.8) is 0 Å². The van der Waals surface area contributed by atoms with Crippen LogP contribution in [-0.4, -0.2) is 26.6 Å². The lowest BCUT2D eigenvalue weighted by Gasteiger charge is -2.07. The van der Waals surface area contributed by atoms with Gasteiger partial charge in [-0.15, -0.1) is 0 Å². The summed E-state index contributed by atoms with van der Waals surface area (Å²) in [5.74, 6) is -1.03. The van der Waals surface area contributed by atoms with Crippen LogP contribution in [0, 0.1) is 0 Å². The highest BCUT2D eigenvalue weighted by molar-refractivity contribution is 6.99. The fourth-order valence-corrected chi connectivity index (χ4v) is 1.02. The molecule has 0 saturated carbocycles. The normalized spacial score (nSPS) is 12.1. The summed E-state index contributed by atoms with van der Waals surface area (Å²) in [5.41, 5.74) is 5.14. The highest BCUT2D eigenvalue weighted by Crippen LogP contribution is 1.95. The topological polar surface area (TPSA) is 98.0 Å². The van der Waals surface area contributed by atoms with Crippen molar-refractivity contribution in [3.05, 3.63) is 11.9 Å². The van der Waals surface area contributed by atoms with Crippen molar-refractivity contribution in [3.8, 4) is 0 Å². The molecule has 1 rings (SSSR count). The SMILES string of the molecule is CC(NC(=O)c1cnsn1)C(N)=O. The van der Waals surface area contributed by atoms with E-state index in [1.165, 1.54) is 13.1 Å². The van der Waals surface area contributed by atoms with E-state index in [1.807, 2.05) is 0 Å². The summed E-state index contributed by atoms with van der Waals surface area (Å²) < 4.78 is 7.34. The minimum Gasteiger partial charge on any atom is -0.368 e. The number of primary amides is 1. The average Bonchev–Trinajstić information content (AvgIpc) is 2.55. The molecule has 2 amide bonds. The van der Waals surface area contributed by atoms with Gasteiger partial charge in [0.15, 0.2) is 5.69 Å². The highest BCUT2D eigenvalue weighted by atomic mass is 32.1. The molecule has 13 heavy (non-hydrogen) atoms. The maximum Gasteiger partial charge on any atom is 0.273 e. The number of carbonyl (C=O) groups is 2. The number of nitrogens with one attached hydrogen (secondary N) is 1. The molecule has 0 aliphatic rings. The quantitative estimate of drug-likeness (QED) is 0.663. The maximum absolute atomic E-state index is 11.2. The third-order valence-corrected chi connectivity index (χ3v) is 1.85. The van der Waals surface area contributed by atoms with E-state index in [2.05, 4.69) is 14.1 Å². The van der Waals surface area contributed by atoms with E-state index in [0.717, 1.165) is 11.7 Å². The van der Waals surface area contributed by atoms with E-state index < -0.39 is 17.9 Å². The molecule has 1 atom stereocenters. The number of hydrogen-bond donors (Lipinski definition) is 2. The molecule has 6 nitrogen and oxygen atoms in total. The van der Waals surface area contributed by atoms with E-state index in [1.54, 1.807) is 0 Å². The number of carbonyl (C=O) groups excluding carboxylic acids is 2. The lowest BCUT2D eigenvalue weighted by Crippen LogP contribution is -2.42. The number of nitrogens with two attached hydrogens (primary N) is 1. The summed E-state index contributed by atoms with van der Waals surface area (Å²) in [6.07, 6.45) is 1.33. The summed E-state index contributed by atoms with van der Waals surface area (Å²) in [6.45, 7) is 1.50. The molecule has 0 aliphatic heterocycles. The van der Waals surface area contributed by atoms with Crippen molar-refractivity contribution in [1.29, 1.82) is 0 Å². The van der Waals surface area contributed by atoms with Gasteiger partial charge in [0.05, 0.1) is 17.9 Å². The Balaban J connectivity index is 2.56. The molecule has 1 unspecified atom stereocenters. The van der Waals surface area contributed by atoms with Crippen molar-refractivity contribution < 1.29 is 9.59 Å². The fraction of sp³-hybridized carbons (Fsp3) is 0.333. The van der Waals surface area contributed by atoms with Crippen LogP contribution in [0.15, 0.2) is 6.20 Å². The standard InChI is InChI=1S/C6H8N4O2S/c1-3(5(7)11)9-6(12)4-2-8-13-10-4/h2-3H,1H3,(H2,7,11)(H,9,12). The summed E-state index contributed by atoms with van der Waals surface area (Å²) >= 11 is 0.926. The van der Waals surface area contributed by atoms with Crippen molar-refractivity contribution in [1.82, 2.24) is 14.1 Å². The Morgan fingerprint density at radius 1 is 1.69 bits per heavy atom. The Morgan fingerprint density at radius 2 is 2.38 bits per heavy atom. The van der Waals surface area contributed by atoms with Crippen molar-refractivity contribution in [2.24, 2.45) is 5.73 Å². The molecule has 1 aromatic heterocycles. The van der Waals surface area contributed by atoms with Crippen LogP contribution in [0.5, 0.6) is 0 Å². The summed E-state index contributed by atoms with van der Waals surface area (Å²) in [5, 5.41) is 2.37. The number of hydrogen-bond acceptors (Lipinski definition) is 5. The van der Waals surface area contributed by atoms with Crippen molar-refractivity contribution in [2.75, 3.05) is 0 Å². The van der Waals surface area contributed by atoms with Gasteiger partial charge in [0.25, 0.3) is 5.91 Å². The predicted octanol–water partition coefficient (Wildman–Crippen LogP) is -0.858. The zero-order valence-corrected chi connectivity index (χ0v) is 7.67. The highest BCUT2D eigenvalue weighted by Gasteiger charge is 2.14. The van der Waals surface area contributed by atoms with Crippen LogP contribution in [0.4, 0.5) is 0 Å². The Morgan fingerprint density at radius 3 is 2.85 bits per heavy atom. The zero-order chi connectivity index (χ0) is 9.84. The largest absolute Gasteiger partial charge is 0.368 e. The number of nitrogens with zero attached hydrogens (tertiary/aromatic N) is 2. The summed E-state index contributed by atoms with van der Waals surface area (Å²) in [6, 6.07) is -0.700. The first-order chi connectivity index (χ1) is 6.11. The second-order valence-electron chi connectivity index (χ2n) is 2.39. The van der Waals surface area contributed by atoms with Gasteiger partial charge in [-0.25, -0.2) is 0 Å². The van der Waals surface area contributed by atoms with Gasteiger partial charge in [-0.1, -0.05) is 0 Å². The second-order valence-corrected chi connectivity index (χ2v) is 2.95. The van der Waals surface area contributed by atoms with Gasteiger partial charge in [0.1, 0.15) is 6.04 Å². The van der Waals surface area contributed by atoms with Crippen molar-refractivity contribution in [2.45, 2.75) is 13.0 Å². The number of aromatic nitrogens is 2. The van der Waals surface area contributed by atoms with Gasteiger partial charge in [0, 0.05) is 0 Å². The third kappa shape index (κ3) is 2.48. The van der Waals surface area contributed by atoms with Gasteiger partial charge in [-0.3, -0.25) is 9.59 Å².